The smallest absolute Gasteiger partial charge is 0.339 e. The number of methoxy groups -OCH3 is 2. The van der Waals surface area contributed by atoms with Crippen molar-refractivity contribution >= 4 is 33.3 Å². The van der Waals surface area contributed by atoms with Crippen LogP contribution in [0.5, 0.6) is 5.75 Å². The van der Waals surface area contributed by atoms with Crippen molar-refractivity contribution in [3.63, 3.8) is 0 Å². The molecule has 3 aromatic carbocycles. The number of amides is 1. The zero-order valence-corrected chi connectivity index (χ0v) is 18.3. The molecular formula is C23H22N2O6S. The number of esters is 1. The number of benzene rings is 3. The summed E-state index contributed by atoms with van der Waals surface area (Å²) in [5.74, 6) is -0.705. The van der Waals surface area contributed by atoms with Crippen LogP contribution in [0.3, 0.4) is 0 Å². The van der Waals surface area contributed by atoms with Crippen molar-refractivity contribution in [1.82, 2.24) is 0 Å². The van der Waals surface area contributed by atoms with Crippen LogP contribution in [0.25, 0.3) is 0 Å². The minimum absolute atomic E-state index is 0.0404. The second kappa shape index (κ2) is 9.97. The van der Waals surface area contributed by atoms with E-state index in [1.54, 1.807) is 54.6 Å². The number of nitrogens with zero attached hydrogens (tertiary/aromatic N) is 1. The topological polar surface area (TPSA) is 102 Å². The Morgan fingerprint density at radius 1 is 0.875 bits per heavy atom. The predicted octanol–water partition coefficient (Wildman–Crippen LogP) is 3.32. The van der Waals surface area contributed by atoms with Crippen molar-refractivity contribution in [3.8, 4) is 5.75 Å². The molecule has 0 saturated carbocycles. The lowest BCUT2D eigenvalue weighted by molar-refractivity contribution is -0.114. The minimum Gasteiger partial charge on any atom is -0.497 e. The molecule has 0 saturated heterocycles. The van der Waals surface area contributed by atoms with Crippen LogP contribution in [0.1, 0.15) is 10.4 Å². The largest absolute Gasteiger partial charge is 0.497 e. The maximum atomic E-state index is 13.3. The van der Waals surface area contributed by atoms with Gasteiger partial charge in [-0.1, -0.05) is 30.3 Å². The normalized spacial score (nSPS) is 10.8. The van der Waals surface area contributed by atoms with E-state index in [4.69, 9.17) is 9.47 Å². The molecule has 0 spiro atoms. The van der Waals surface area contributed by atoms with Gasteiger partial charge >= 0.3 is 5.97 Å². The van der Waals surface area contributed by atoms with Gasteiger partial charge in [0.05, 0.1) is 36.1 Å². The molecule has 1 amide bonds. The first-order chi connectivity index (χ1) is 15.4. The van der Waals surface area contributed by atoms with E-state index in [0.29, 0.717) is 5.75 Å². The van der Waals surface area contributed by atoms with Gasteiger partial charge in [0.25, 0.3) is 10.0 Å². The van der Waals surface area contributed by atoms with Crippen molar-refractivity contribution in [2.75, 3.05) is 30.4 Å². The summed E-state index contributed by atoms with van der Waals surface area (Å²) in [4.78, 5) is 24.9. The zero-order chi connectivity index (χ0) is 23.1. The van der Waals surface area contributed by atoms with Gasteiger partial charge in [-0.05, 0) is 48.5 Å². The molecule has 166 valence electrons. The molecule has 0 aromatic heterocycles. The van der Waals surface area contributed by atoms with Crippen LogP contribution in [0.2, 0.25) is 0 Å². The number of nitrogens with one attached hydrogen (secondary N) is 1. The molecule has 32 heavy (non-hydrogen) atoms. The molecule has 0 aliphatic rings. The first-order valence-electron chi connectivity index (χ1n) is 9.56. The lowest BCUT2D eigenvalue weighted by Gasteiger charge is -2.24. The third-order valence-electron chi connectivity index (χ3n) is 4.59. The van der Waals surface area contributed by atoms with Crippen LogP contribution in [0.4, 0.5) is 11.4 Å². The molecule has 3 rings (SSSR count). The first kappa shape index (κ1) is 22.8. The summed E-state index contributed by atoms with van der Waals surface area (Å²) in [5.41, 5.74) is 0.660. The lowest BCUT2D eigenvalue weighted by atomic mass is 10.2. The van der Waals surface area contributed by atoms with Crippen molar-refractivity contribution in [3.05, 3.63) is 84.4 Å². The Labute approximate surface area is 186 Å². The Balaban J connectivity index is 1.94. The van der Waals surface area contributed by atoms with E-state index in [0.717, 1.165) is 4.31 Å². The highest BCUT2D eigenvalue weighted by molar-refractivity contribution is 7.92. The van der Waals surface area contributed by atoms with Crippen molar-refractivity contribution in [1.29, 1.82) is 0 Å². The van der Waals surface area contributed by atoms with E-state index in [2.05, 4.69) is 5.32 Å². The number of ether oxygens (including phenoxy) is 2. The van der Waals surface area contributed by atoms with E-state index in [1.807, 2.05) is 0 Å². The summed E-state index contributed by atoms with van der Waals surface area (Å²) in [6.45, 7) is -0.515. The standard InChI is InChI=1S/C23H22N2O6S/c1-30-18-14-12-17(13-15-18)25(32(28,29)19-8-4-3-5-9-19)16-22(26)24-21-11-7-6-10-20(21)23(27)31-2/h3-15H,16H2,1-2H3,(H,24,26). The Morgan fingerprint density at radius 3 is 2.12 bits per heavy atom. The number of sulfonamides is 1. The molecule has 0 atom stereocenters. The fourth-order valence-electron chi connectivity index (χ4n) is 2.98. The SMILES string of the molecule is COC(=O)c1ccccc1NC(=O)CN(c1ccc(OC)cc1)S(=O)(=O)c1ccccc1. The molecular weight excluding hydrogens is 432 g/mol. The highest BCUT2D eigenvalue weighted by atomic mass is 32.2. The van der Waals surface area contributed by atoms with Crippen LogP contribution in [-0.4, -0.2) is 41.1 Å². The number of carbonyl (C=O) groups excluding carboxylic acids is 2. The summed E-state index contributed by atoms with van der Waals surface area (Å²) < 4.78 is 37.5. The highest BCUT2D eigenvalue weighted by Crippen LogP contribution is 2.26. The molecule has 3 aromatic rings. The average Bonchev–Trinajstić information content (AvgIpc) is 2.83. The number of anilines is 2. The fraction of sp³-hybridized carbons (Fsp3) is 0.130. The van der Waals surface area contributed by atoms with E-state index >= 15 is 0 Å². The van der Waals surface area contributed by atoms with Crippen LogP contribution in [0, 0.1) is 0 Å². The molecule has 8 nitrogen and oxygen atoms in total. The van der Waals surface area contributed by atoms with Gasteiger partial charge in [-0.2, -0.15) is 0 Å². The maximum absolute atomic E-state index is 13.3. The van der Waals surface area contributed by atoms with Gasteiger partial charge in [0.1, 0.15) is 12.3 Å². The van der Waals surface area contributed by atoms with Crippen LogP contribution < -0.4 is 14.4 Å². The van der Waals surface area contributed by atoms with Crippen LogP contribution >= 0.6 is 0 Å². The van der Waals surface area contributed by atoms with Gasteiger partial charge in [0, 0.05) is 0 Å². The van der Waals surface area contributed by atoms with E-state index in [9.17, 15) is 18.0 Å². The van der Waals surface area contributed by atoms with Gasteiger partial charge in [0.15, 0.2) is 0 Å². The number of hydrogen-bond donors (Lipinski definition) is 1. The first-order valence-corrected chi connectivity index (χ1v) is 11.0. The molecule has 0 bridgehead atoms. The summed E-state index contributed by atoms with van der Waals surface area (Å²) in [7, 11) is -1.32. The number of para-hydroxylation sites is 1. The Morgan fingerprint density at radius 2 is 1.50 bits per heavy atom. The van der Waals surface area contributed by atoms with Gasteiger partial charge in [-0.25, -0.2) is 13.2 Å². The third kappa shape index (κ3) is 5.06. The van der Waals surface area contributed by atoms with E-state index in [1.165, 1.54) is 38.5 Å². The van der Waals surface area contributed by atoms with E-state index < -0.39 is 28.4 Å². The van der Waals surface area contributed by atoms with Crippen LogP contribution in [0.15, 0.2) is 83.8 Å². The number of carbonyl (C=O) groups is 2. The predicted molar refractivity (Wildman–Crippen MR) is 120 cm³/mol. The molecule has 0 aliphatic carbocycles. The summed E-state index contributed by atoms with van der Waals surface area (Å²) >= 11 is 0. The molecule has 0 unspecified atom stereocenters. The molecule has 9 heteroatoms. The summed E-state index contributed by atoms with van der Waals surface area (Å²) in [6.07, 6.45) is 0. The molecule has 0 aliphatic heterocycles. The quantitative estimate of drug-likeness (QED) is 0.524. The average molecular weight is 455 g/mol. The monoisotopic (exact) mass is 454 g/mol. The summed E-state index contributed by atoms with van der Waals surface area (Å²) in [5, 5.41) is 2.60. The van der Waals surface area contributed by atoms with E-state index in [-0.39, 0.29) is 21.8 Å². The van der Waals surface area contributed by atoms with Crippen LogP contribution in [-0.2, 0) is 19.6 Å². The molecule has 0 heterocycles. The highest BCUT2D eigenvalue weighted by Gasteiger charge is 2.27. The van der Waals surface area contributed by atoms with Crippen molar-refractivity contribution in [2.24, 2.45) is 0 Å². The lowest BCUT2D eigenvalue weighted by Crippen LogP contribution is -2.38. The second-order valence-corrected chi connectivity index (χ2v) is 8.47. The van der Waals surface area contributed by atoms with Crippen molar-refractivity contribution in [2.45, 2.75) is 4.90 Å². The third-order valence-corrected chi connectivity index (χ3v) is 6.37. The Kier molecular flexibility index (Phi) is 7.11. The Hall–Kier alpha value is -3.85. The van der Waals surface area contributed by atoms with Gasteiger partial charge < -0.3 is 14.8 Å². The van der Waals surface area contributed by atoms with Gasteiger partial charge in [0.2, 0.25) is 5.91 Å². The number of hydrogen-bond acceptors (Lipinski definition) is 6. The minimum atomic E-state index is -4.05. The number of rotatable bonds is 8. The molecule has 1 N–H and O–H groups in total. The molecule has 0 radical (unpaired) electrons. The maximum Gasteiger partial charge on any atom is 0.339 e. The van der Waals surface area contributed by atoms with Gasteiger partial charge in [-0.15, -0.1) is 0 Å². The van der Waals surface area contributed by atoms with Gasteiger partial charge in [-0.3, -0.25) is 9.10 Å². The summed E-state index contributed by atoms with van der Waals surface area (Å²) in [6, 6.07) is 20.4. The fourth-order valence-corrected chi connectivity index (χ4v) is 4.43. The second-order valence-electron chi connectivity index (χ2n) is 6.61. The Bertz CT molecular complexity index is 1190. The molecule has 0 fully saturated rings. The zero-order valence-electron chi connectivity index (χ0n) is 17.5. The van der Waals surface area contributed by atoms with Crippen molar-refractivity contribution < 1.29 is 27.5 Å².